The molecule has 0 aromatic heterocycles. The fourth-order valence-corrected chi connectivity index (χ4v) is 5.78. The van der Waals surface area contributed by atoms with Crippen LogP contribution in [0.3, 0.4) is 0 Å². The molecule has 0 aromatic carbocycles. The Labute approximate surface area is 250 Å². The zero-order valence-corrected chi connectivity index (χ0v) is 27.6. The standard InChI is InChI=1S/C36H70O4/c1-5-9-11-23-27-31-39-35(37)30-26-22-20-18-16-14-13-15-17-19-21-25-29-33(7-3)34(8-4)36(38)40-32-28-24-12-10-6-2/h33-34H,5-32H2,1-4H3. The van der Waals surface area contributed by atoms with Gasteiger partial charge in [0.2, 0.25) is 0 Å². The van der Waals surface area contributed by atoms with Crippen LogP contribution in [0.2, 0.25) is 0 Å². The van der Waals surface area contributed by atoms with Crippen LogP contribution in [0.5, 0.6) is 0 Å². The Balaban J connectivity index is 3.60. The first kappa shape index (κ1) is 38.9. The fraction of sp³-hybridized carbons (Fsp3) is 0.944. The summed E-state index contributed by atoms with van der Waals surface area (Å²) in [6, 6.07) is 0. The van der Waals surface area contributed by atoms with Gasteiger partial charge in [0.1, 0.15) is 0 Å². The third-order valence-electron chi connectivity index (χ3n) is 8.54. The Kier molecular flexibility index (Phi) is 30.1. The van der Waals surface area contributed by atoms with Gasteiger partial charge in [-0.3, -0.25) is 9.59 Å². The molecule has 0 bridgehead atoms. The minimum absolute atomic E-state index is 0.00288. The molecule has 4 nitrogen and oxygen atoms in total. The lowest BCUT2D eigenvalue weighted by Gasteiger charge is -2.23. The van der Waals surface area contributed by atoms with Gasteiger partial charge in [-0.1, -0.05) is 156 Å². The van der Waals surface area contributed by atoms with Gasteiger partial charge in [0.15, 0.2) is 0 Å². The molecule has 2 atom stereocenters. The first-order chi connectivity index (χ1) is 19.6. The van der Waals surface area contributed by atoms with E-state index in [1.165, 1.54) is 116 Å². The maximum absolute atomic E-state index is 12.7. The van der Waals surface area contributed by atoms with Gasteiger partial charge >= 0.3 is 11.9 Å². The van der Waals surface area contributed by atoms with Crippen LogP contribution in [-0.4, -0.2) is 25.2 Å². The zero-order valence-electron chi connectivity index (χ0n) is 27.6. The van der Waals surface area contributed by atoms with Crippen molar-refractivity contribution in [2.45, 2.75) is 195 Å². The van der Waals surface area contributed by atoms with Crippen molar-refractivity contribution in [2.75, 3.05) is 13.2 Å². The van der Waals surface area contributed by atoms with Crippen molar-refractivity contribution in [3.05, 3.63) is 0 Å². The first-order valence-electron chi connectivity index (χ1n) is 17.9. The van der Waals surface area contributed by atoms with Crippen molar-refractivity contribution >= 4 is 11.9 Å². The molecule has 0 saturated carbocycles. The molecular weight excluding hydrogens is 496 g/mol. The number of carbonyl (C=O) groups is 2. The van der Waals surface area contributed by atoms with E-state index in [-0.39, 0.29) is 17.9 Å². The Hall–Kier alpha value is -1.06. The van der Waals surface area contributed by atoms with E-state index in [0.29, 0.717) is 25.6 Å². The van der Waals surface area contributed by atoms with E-state index in [4.69, 9.17) is 9.47 Å². The highest BCUT2D eigenvalue weighted by atomic mass is 16.5. The maximum Gasteiger partial charge on any atom is 0.309 e. The van der Waals surface area contributed by atoms with Crippen LogP contribution in [0.25, 0.3) is 0 Å². The van der Waals surface area contributed by atoms with Crippen molar-refractivity contribution in [3.63, 3.8) is 0 Å². The third-order valence-corrected chi connectivity index (χ3v) is 8.54. The van der Waals surface area contributed by atoms with Gasteiger partial charge in [0.25, 0.3) is 0 Å². The lowest BCUT2D eigenvalue weighted by Crippen LogP contribution is -2.25. The van der Waals surface area contributed by atoms with Crippen LogP contribution in [0.1, 0.15) is 195 Å². The van der Waals surface area contributed by atoms with Crippen LogP contribution in [0.15, 0.2) is 0 Å². The highest BCUT2D eigenvalue weighted by molar-refractivity contribution is 5.72. The second-order valence-corrected chi connectivity index (χ2v) is 12.2. The van der Waals surface area contributed by atoms with Crippen LogP contribution in [0, 0.1) is 11.8 Å². The summed E-state index contributed by atoms with van der Waals surface area (Å²) >= 11 is 0. The highest BCUT2D eigenvalue weighted by Gasteiger charge is 2.26. The van der Waals surface area contributed by atoms with Gasteiger partial charge < -0.3 is 9.47 Å². The summed E-state index contributed by atoms with van der Waals surface area (Å²) in [6.45, 7) is 10.0. The van der Waals surface area contributed by atoms with E-state index >= 15 is 0 Å². The highest BCUT2D eigenvalue weighted by Crippen LogP contribution is 2.27. The molecule has 40 heavy (non-hydrogen) atoms. The second-order valence-electron chi connectivity index (χ2n) is 12.2. The Bertz CT molecular complexity index is 547. The number of hydrogen-bond acceptors (Lipinski definition) is 4. The predicted molar refractivity (Wildman–Crippen MR) is 172 cm³/mol. The van der Waals surface area contributed by atoms with E-state index in [1.807, 2.05) is 0 Å². The van der Waals surface area contributed by atoms with Gasteiger partial charge in [-0.05, 0) is 38.0 Å². The number of unbranched alkanes of at least 4 members (excludes halogenated alkanes) is 19. The monoisotopic (exact) mass is 567 g/mol. The van der Waals surface area contributed by atoms with E-state index < -0.39 is 0 Å². The van der Waals surface area contributed by atoms with Crippen molar-refractivity contribution in [2.24, 2.45) is 11.8 Å². The predicted octanol–water partition coefficient (Wildman–Crippen LogP) is 11.5. The van der Waals surface area contributed by atoms with Gasteiger partial charge in [0, 0.05) is 6.42 Å². The number of ether oxygens (including phenoxy) is 2. The number of carbonyl (C=O) groups excluding carboxylic acids is 2. The molecule has 0 aromatic rings. The molecule has 0 radical (unpaired) electrons. The summed E-state index contributed by atoms with van der Waals surface area (Å²) in [6.07, 6.45) is 30.9. The molecule has 0 aliphatic rings. The molecule has 4 heteroatoms. The molecular formula is C36H70O4. The summed E-state index contributed by atoms with van der Waals surface area (Å²) in [5.41, 5.74) is 0. The van der Waals surface area contributed by atoms with E-state index in [0.717, 1.165) is 44.9 Å². The average Bonchev–Trinajstić information content (AvgIpc) is 2.96. The summed E-state index contributed by atoms with van der Waals surface area (Å²) in [5.74, 6) is 0.607. The van der Waals surface area contributed by atoms with Crippen molar-refractivity contribution in [3.8, 4) is 0 Å². The molecule has 0 amide bonds. The summed E-state index contributed by atoms with van der Waals surface area (Å²) < 4.78 is 11.0. The van der Waals surface area contributed by atoms with Crippen molar-refractivity contribution in [1.82, 2.24) is 0 Å². The quantitative estimate of drug-likeness (QED) is 0.0618. The largest absolute Gasteiger partial charge is 0.466 e. The molecule has 0 aliphatic heterocycles. The number of rotatable bonds is 31. The lowest BCUT2D eigenvalue weighted by atomic mass is 9.84. The van der Waals surface area contributed by atoms with Gasteiger partial charge in [0.05, 0.1) is 19.1 Å². The molecule has 0 fully saturated rings. The van der Waals surface area contributed by atoms with Crippen LogP contribution in [0.4, 0.5) is 0 Å². The minimum atomic E-state index is -0.00288. The van der Waals surface area contributed by atoms with Crippen LogP contribution in [-0.2, 0) is 19.1 Å². The molecule has 2 unspecified atom stereocenters. The average molecular weight is 567 g/mol. The van der Waals surface area contributed by atoms with E-state index in [1.54, 1.807) is 0 Å². The smallest absolute Gasteiger partial charge is 0.309 e. The topological polar surface area (TPSA) is 52.6 Å². The normalized spacial score (nSPS) is 12.8. The first-order valence-corrected chi connectivity index (χ1v) is 17.9. The fourth-order valence-electron chi connectivity index (χ4n) is 5.78. The zero-order chi connectivity index (χ0) is 29.5. The molecule has 0 rings (SSSR count). The molecule has 0 spiro atoms. The third kappa shape index (κ3) is 24.7. The van der Waals surface area contributed by atoms with Crippen LogP contribution >= 0.6 is 0 Å². The van der Waals surface area contributed by atoms with E-state index in [2.05, 4.69) is 27.7 Å². The number of esters is 2. The Morgan fingerprint density at radius 3 is 1.38 bits per heavy atom. The minimum Gasteiger partial charge on any atom is -0.466 e. The van der Waals surface area contributed by atoms with Gasteiger partial charge in [-0.2, -0.15) is 0 Å². The second kappa shape index (κ2) is 30.9. The van der Waals surface area contributed by atoms with Crippen molar-refractivity contribution < 1.29 is 19.1 Å². The SMILES string of the molecule is CCCCCCCOC(=O)CCCCCCCCCCCCCCC(CC)C(CC)C(=O)OCCCCCCC. The maximum atomic E-state index is 12.7. The molecule has 0 aliphatic carbocycles. The Morgan fingerprint density at radius 1 is 0.475 bits per heavy atom. The van der Waals surface area contributed by atoms with E-state index in [9.17, 15) is 9.59 Å². The van der Waals surface area contributed by atoms with Gasteiger partial charge in [-0.15, -0.1) is 0 Å². The number of hydrogen-bond donors (Lipinski definition) is 0. The summed E-state index contributed by atoms with van der Waals surface area (Å²) in [7, 11) is 0. The molecule has 0 saturated heterocycles. The lowest BCUT2D eigenvalue weighted by molar-refractivity contribution is -0.151. The summed E-state index contributed by atoms with van der Waals surface area (Å²) in [5, 5.41) is 0. The summed E-state index contributed by atoms with van der Waals surface area (Å²) in [4.78, 5) is 24.4. The van der Waals surface area contributed by atoms with Crippen molar-refractivity contribution in [1.29, 1.82) is 0 Å². The molecule has 238 valence electrons. The van der Waals surface area contributed by atoms with Crippen LogP contribution < -0.4 is 0 Å². The molecule has 0 heterocycles. The Morgan fingerprint density at radius 2 is 0.900 bits per heavy atom. The van der Waals surface area contributed by atoms with Gasteiger partial charge in [-0.25, -0.2) is 0 Å². The molecule has 0 N–H and O–H groups in total.